The van der Waals surface area contributed by atoms with Gasteiger partial charge in [-0.15, -0.1) is 0 Å². The van der Waals surface area contributed by atoms with Gasteiger partial charge in [-0.2, -0.15) is 0 Å². The van der Waals surface area contributed by atoms with E-state index >= 15 is 0 Å². The number of benzene rings is 1. The first kappa shape index (κ1) is 10.2. The molecule has 0 aliphatic heterocycles. The Balaban J connectivity index is 0.000000404. The molecule has 0 atom stereocenters. The summed E-state index contributed by atoms with van der Waals surface area (Å²) in [5.41, 5.74) is 2.39. The summed E-state index contributed by atoms with van der Waals surface area (Å²) in [5, 5.41) is 0. The lowest BCUT2D eigenvalue weighted by molar-refractivity contribution is 0.642. The fourth-order valence-corrected chi connectivity index (χ4v) is 1.73. The van der Waals surface area contributed by atoms with Gasteiger partial charge in [-0.3, -0.25) is 0 Å². The highest BCUT2D eigenvalue weighted by Crippen LogP contribution is 2.31. The lowest BCUT2D eigenvalue weighted by atomic mass is 10.3. The zero-order chi connectivity index (χ0) is 10.7. The maximum atomic E-state index is 4.36. The van der Waals surface area contributed by atoms with Gasteiger partial charge in [-0.25, -0.2) is 4.98 Å². The third-order valence-corrected chi connectivity index (χ3v) is 2.68. The van der Waals surface area contributed by atoms with Crippen molar-refractivity contribution in [3.63, 3.8) is 0 Å². The fourth-order valence-electron chi connectivity index (χ4n) is 1.73. The van der Waals surface area contributed by atoms with Crippen molar-refractivity contribution in [1.29, 1.82) is 0 Å². The van der Waals surface area contributed by atoms with Gasteiger partial charge in [0, 0.05) is 6.54 Å². The molecule has 1 aliphatic rings. The van der Waals surface area contributed by atoms with E-state index in [9.17, 15) is 0 Å². The van der Waals surface area contributed by atoms with E-state index in [1.165, 1.54) is 18.4 Å². The van der Waals surface area contributed by atoms with Crippen LogP contribution in [-0.4, -0.2) is 9.55 Å². The largest absolute Gasteiger partial charge is 0.330 e. The summed E-state index contributed by atoms with van der Waals surface area (Å²) in [6.07, 6.45) is 4.75. The molecule has 0 saturated heterocycles. The summed E-state index contributed by atoms with van der Waals surface area (Å²) in [5.74, 6) is 0.914. The second-order valence-corrected chi connectivity index (χ2v) is 3.83. The zero-order valence-corrected chi connectivity index (χ0v) is 9.48. The normalized spacial score (nSPS) is 14.8. The van der Waals surface area contributed by atoms with E-state index in [-0.39, 0.29) is 0 Å². The van der Waals surface area contributed by atoms with Crippen molar-refractivity contribution in [3.05, 3.63) is 30.6 Å². The number of hydrogen-bond donors (Lipinski definition) is 0. The molecular weight excluding hydrogens is 184 g/mol. The van der Waals surface area contributed by atoms with Gasteiger partial charge in [0.1, 0.15) is 0 Å². The zero-order valence-electron chi connectivity index (χ0n) is 9.48. The van der Waals surface area contributed by atoms with Gasteiger partial charge in [-0.05, 0) is 30.9 Å². The molecule has 0 spiro atoms. The SMILES string of the molecule is CC.c1ccc2c(c1)ncn2CC1CC1. The number of hydrogen-bond acceptors (Lipinski definition) is 1. The molecule has 2 heteroatoms. The quantitative estimate of drug-likeness (QED) is 0.729. The molecule has 0 amide bonds. The Kier molecular flexibility index (Phi) is 3.05. The summed E-state index contributed by atoms with van der Waals surface area (Å²) in [7, 11) is 0. The molecule has 2 aromatic rings. The Morgan fingerprint density at radius 2 is 2.00 bits per heavy atom. The predicted molar refractivity (Wildman–Crippen MR) is 63.8 cm³/mol. The Labute approximate surface area is 90.9 Å². The minimum Gasteiger partial charge on any atom is -0.330 e. The van der Waals surface area contributed by atoms with Crippen LogP contribution in [0, 0.1) is 5.92 Å². The average molecular weight is 202 g/mol. The van der Waals surface area contributed by atoms with Crippen molar-refractivity contribution in [1.82, 2.24) is 9.55 Å². The molecule has 1 aliphatic carbocycles. The lowest BCUT2D eigenvalue weighted by Gasteiger charge is -2.00. The van der Waals surface area contributed by atoms with Gasteiger partial charge in [0.15, 0.2) is 0 Å². The number of fused-ring (bicyclic) bond motifs is 1. The number of imidazole rings is 1. The molecule has 1 fully saturated rings. The molecule has 80 valence electrons. The van der Waals surface area contributed by atoms with E-state index in [0.29, 0.717) is 0 Å². The van der Waals surface area contributed by atoms with E-state index in [4.69, 9.17) is 0 Å². The first-order valence-corrected chi connectivity index (χ1v) is 5.83. The van der Waals surface area contributed by atoms with Gasteiger partial charge in [0.2, 0.25) is 0 Å². The van der Waals surface area contributed by atoms with Crippen LogP contribution in [0.15, 0.2) is 30.6 Å². The standard InChI is InChI=1S/C11H12N2.C2H6/c1-2-4-11-10(3-1)12-8-13(11)7-9-5-6-9;1-2/h1-4,8-9H,5-7H2;1-2H3. The first-order chi connectivity index (χ1) is 7.43. The minimum absolute atomic E-state index is 0.914. The van der Waals surface area contributed by atoms with Crippen LogP contribution in [0.2, 0.25) is 0 Å². The van der Waals surface area contributed by atoms with Crippen LogP contribution in [0.4, 0.5) is 0 Å². The molecule has 3 rings (SSSR count). The summed E-state index contributed by atoms with van der Waals surface area (Å²) >= 11 is 0. The van der Waals surface area contributed by atoms with E-state index in [1.807, 2.05) is 26.2 Å². The maximum absolute atomic E-state index is 4.36. The molecule has 0 bridgehead atoms. The second kappa shape index (κ2) is 4.47. The first-order valence-electron chi connectivity index (χ1n) is 5.83. The topological polar surface area (TPSA) is 17.8 Å². The van der Waals surface area contributed by atoms with Gasteiger partial charge in [0.25, 0.3) is 0 Å². The molecule has 1 aromatic carbocycles. The van der Waals surface area contributed by atoms with Crippen LogP contribution in [0.1, 0.15) is 26.7 Å². The van der Waals surface area contributed by atoms with E-state index in [0.717, 1.165) is 18.0 Å². The number of para-hydroxylation sites is 2. The maximum Gasteiger partial charge on any atom is 0.0958 e. The molecule has 0 N–H and O–H groups in total. The van der Waals surface area contributed by atoms with Crippen molar-refractivity contribution in [2.75, 3.05) is 0 Å². The predicted octanol–water partition coefficient (Wildman–Crippen LogP) is 3.47. The molecule has 0 unspecified atom stereocenters. The Hall–Kier alpha value is -1.31. The van der Waals surface area contributed by atoms with Crippen molar-refractivity contribution in [2.24, 2.45) is 5.92 Å². The lowest BCUT2D eigenvalue weighted by Crippen LogP contribution is -1.96. The minimum atomic E-state index is 0.914. The second-order valence-electron chi connectivity index (χ2n) is 3.83. The Morgan fingerprint density at radius 3 is 2.73 bits per heavy atom. The molecule has 0 radical (unpaired) electrons. The van der Waals surface area contributed by atoms with Crippen molar-refractivity contribution in [3.8, 4) is 0 Å². The van der Waals surface area contributed by atoms with E-state index in [1.54, 1.807) is 0 Å². The molecule has 2 nitrogen and oxygen atoms in total. The van der Waals surface area contributed by atoms with Gasteiger partial charge in [-0.1, -0.05) is 26.0 Å². The Morgan fingerprint density at radius 1 is 1.27 bits per heavy atom. The summed E-state index contributed by atoms with van der Waals surface area (Å²) in [6, 6.07) is 8.33. The van der Waals surface area contributed by atoms with Crippen molar-refractivity contribution >= 4 is 11.0 Å². The molecule has 1 heterocycles. The Bertz CT molecular complexity index is 427. The van der Waals surface area contributed by atoms with Crippen molar-refractivity contribution in [2.45, 2.75) is 33.2 Å². The van der Waals surface area contributed by atoms with Crippen LogP contribution in [-0.2, 0) is 6.54 Å². The molecule has 1 aromatic heterocycles. The van der Waals surface area contributed by atoms with Crippen molar-refractivity contribution < 1.29 is 0 Å². The highest BCUT2D eigenvalue weighted by atomic mass is 15.0. The van der Waals surface area contributed by atoms with Gasteiger partial charge < -0.3 is 4.57 Å². The van der Waals surface area contributed by atoms with Gasteiger partial charge >= 0.3 is 0 Å². The number of rotatable bonds is 2. The van der Waals surface area contributed by atoms with Crippen LogP contribution in [0.3, 0.4) is 0 Å². The van der Waals surface area contributed by atoms with Crippen LogP contribution in [0.25, 0.3) is 11.0 Å². The van der Waals surface area contributed by atoms with Gasteiger partial charge in [0.05, 0.1) is 17.4 Å². The number of aromatic nitrogens is 2. The van der Waals surface area contributed by atoms with Crippen LogP contribution >= 0.6 is 0 Å². The number of nitrogens with zero attached hydrogens (tertiary/aromatic N) is 2. The molecular formula is C13H18N2. The third kappa shape index (κ3) is 2.20. The molecule has 1 saturated carbocycles. The third-order valence-electron chi connectivity index (χ3n) is 2.68. The highest BCUT2D eigenvalue weighted by Gasteiger charge is 2.22. The molecule has 15 heavy (non-hydrogen) atoms. The smallest absolute Gasteiger partial charge is 0.0958 e. The van der Waals surface area contributed by atoms with E-state index in [2.05, 4.69) is 27.8 Å². The monoisotopic (exact) mass is 202 g/mol. The highest BCUT2D eigenvalue weighted by molar-refractivity contribution is 5.74. The summed E-state index contributed by atoms with van der Waals surface area (Å²) < 4.78 is 2.27. The fraction of sp³-hybridized carbons (Fsp3) is 0.462. The summed E-state index contributed by atoms with van der Waals surface area (Å²) in [4.78, 5) is 4.36. The van der Waals surface area contributed by atoms with Crippen LogP contribution in [0.5, 0.6) is 0 Å². The summed E-state index contributed by atoms with van der Waals surface area (Å²) in [6.45, 7) is 5.15. The van der Waals surface area contributed by atoms with Crippen LogP contribution < -0.4 is 0 Å². The van der Waals surface area contributed by atoms with E-state index < -0.39 is 0 Å². The average Bonchev–Trinajstić information content (AvgIpc) is 3.03.